The molecule has 2 aliphatic rings. The van der Waals surface area contributed by atoms with Crippen molar-refractivity contribution in [3.8, 4) is 17.2 Å². The van der Waals surface area contributed by atoms with Gasteiger partial charge in [-0.1, -0.05) is 12.1 Å². The van der Waals surface area contributed by atoms with Crippen LogP contribution in [0.3, 0.4) is 0 Å². The fourth-order valence-electron chi connectivity index (χ4n) is 4.05. The lowest BCUT2D eigenvalue weighted by Crippen LogP contribution is -2.51. The first-order valence-electron chi connectivity index (χ1n) is 10.9. The molecule has 0 saturated carbocycles. The molecule has 2 aromatic carbocycles. The van der Waals surface area contributed by atoms with E-state index in [1.165, 1.54) is 5.69 Å². The van der Waals surface area contributed by atoms with E-state index in [9.17, 15) is 4.79 Å². The third kappa shape index (κ3) is 5.22. The van der Waals surface area contributed by atoms with Crippen LogP contribution >= 0.6 is 0 Å². The fourth-order valence-corrected chi connectivity index (χ4v) is 4.05. The Bertz CT molecular complexity index is 865. The third-order valence-corrected chi connectivity index (χ3v) is 5.89. The smallest absolute Gasteiger partial charge is 0.236 e. The van der Waals surface area contributed by atoms with Gasteiger partial charge in [0, 0.05) is 38.4 Å². The van der Waals surface area contributed by atoms with E-state index in [1.54, 1.807) is 7.11 Å². The second-order valence-corrected chi connectivity index (χ2v) is 7.89. The van der Waals surface area contributed by atoms with E-state index in [4.69, 9.17) is 14.2 Å². The Morgan fingerprint density at radius 3 is 2.45 bits per heavy atom. The van der Waals surface area contributed by atoms with E-state index in [-0.39, 0.29) is 12.0 Å². The third-order valence-electron chi connectivity index (χ3n) is 5.89. The first-order valence-corrected chi connectivity index (χ1v) is 10.9. The molecule has 2 aromatic rings. The monoisotopic (exact) mass is 425 g/mol. The predicted molar refractivity (Wildman–Crippen MR) is 120 cm³/mol. The number of rotatable bonds is 7. The summed E-state index contributed by atoms with van der Waals surface area (Å²) in [5.74, 6) is 2.52. The van der Waals surface area contributed by atoms with Crippen molar-refractivity contribution < 1.29 is 19.0 Å². The molecule has 0 unspecified atom stereocenters. The second kappa shape index (κ2) is 9.92. The molecule has 4 rings (SSSR count). The van der Waals surface area contributed by atoms with Crippen LogP contribution in [0.5, 0.6) is 17.2 Å². The van der Waals surface area contributed by atoms with Gasteiger partial charge in [-0.15, -0.1) is 0 Å². The van der Waals surface area contributed by atoms with E-state index in [2.05, 4.69) is 21.9 Å². The van der Waals surface area contributed by atoms with Crippen molar-refractivity contribution in [2.24, 2.45) is 0 Å². The largest absolute Gasteiger partial charge is 0.497 e. The summed E-state index contributed by atoms with van der Waals surface area (Å²) in [6.45, 7) is 7.65. The number of benzene rings is 2. The van der Waals surface area contributed by atoms with Crippen LogP contribution in [0.1, 0.15) is 6.92 Å². The molecule has 1 atom stereocenters. The van der Waals surface area contributed by atoms with Gasteiger partial charge in [0.2, 0.25) is 5.91 Å². The highest BCUT2D eigenvalue weighted by atomic mass is 16.6. The average molecular weight is 426 g/mol. The highest BCUT2D eigenvalue weighted by Gasteiger charge is 2.26. The molecule has 0 N–H and O–H groups in total. The number of para-hydroxylation sites is 2. The number of anilines is 1. The summed E-state index contributed by atoms with van der Waals surface area (Å²) in [5.41, 5.74) is 1.19. The molecule has 7 nitrogen and oxygen atoms in total. The quantitative estimate of drug-likeness (QED) is 0.680. The Balaban J connectivity index is 1.25. The first kappa shape index (κ1) is 21.3. The summed E-state index contributed by atoms with van der Waals surface area (Å²) >= 11 is 0. The van der Waals surface area contributed by atoms with Gasteiger partial charge in [0.25, 0.3) is 0 Å². The lowest BCUT2D eigenvalue weighted by atomic mass is 10.2. The molecule has 7 heteroatoms. The minimum Gasteiger partial charge on any atom is -0.497 e. The molecule has 31 heavy (non-hydrogen) atoms. The van der Waals surface area contributed by atoms with Gasteiger partial charge in [0.1, 0.15) is 12.4 Å². The van der Waals surface area contributed by atoms with E-state index in [0.29, 0.717) is 26.2 Å². The number of piperazine rings is 1. The molecule has 1 fully saturated rings. The van der Waals surface area contributed by atoms with Crippen LogP contribution in [0.4, 0.5) is 5.69 Å². The topological polar surface area (TPSA) is 54.5 Å². The lowest BCUT2D eigenvalue weighted by Gasteiger charge is -2.37. The summed E-state index contributed by atoms with van der Waals surface area (Å²) in [4.78, 5) is 19.4. The molecule has 0 bridgehead atoms. The van der Waals surface area contributed by atoms with Crippen molar-refractivity contribution in [1.29, 1.82) is 0 Å². The van der Waals surface area contributed by atoms with Crippen LogP contribution in [0.2, 0.25) is 0 Å². The number of fused-ring (bicyclic) bond motifs is 1. The standard InChI is InChI=1S/C24H31N3O4/c1-3-26(16-21-18-30-22-6-4-5-7-23(22)31-21)24(28)17-25-12-14-27(15-13-25)19-8-10-20(29-2)11-9-19/h4-11,21H,3,12-18H2,1-2H3/t21-/m1/s1. The highest BCUT2D eigenvalue weighted by Crippen LogP contribution is 2.31. The van der Waals surface area contributed by atoms with Crippen molar-refractivity contribution >= 4 is 11.6 Å². The van der Waals surface area contributed by atoms with Gasteiger partial charge in [-0.2, -0.15) is 0 Å². The zero-order chi connectivity index (χ0) is 21.6. The highest BCUT2D eigenvalue weighted by molar-refractivity contribution is 5.78. The number of nitrogens with zero attached hydrogens (tertiary/aromatic N) is 3. The van der Waals surface area contributed by atoms with Gasteiger partial charge < -0.3 is 24.0 Å². The molecule has 1 amide bonds. The maximum atomic E-state index is 12.9. The molecule has 0 spiro atoms. The number of likely N-dealkylation sites (N-methyl/N-ethyl adjacent to an activating group) is 1. The maximum Gasteiger partial charge on any atom is 0.236 e. The van der Waals surface area contributed by atoms with Gasteiger partial charge in [0.15, 0.2) is 17.6 Å². The van der Waals surface area contributed by atoms with Gasteiger partial charge in [-0.3, -0.25) is 9.69 Å². The summed E-state index contributed by atoms with van der Waals surface area (Å²) in [5, 5.41) is 0. The number of hydrogen-bond acceptors (Lipinski definition) is 6. The lowest BCUT2D eigenvalue weighted by molar-refractivity contribution is -0.133. The van der Waals surface area contributed by atoms with Crippen LogP contribution in [0, 0.1) is 0 Å². The Morgan fingerprint density at radius 1 is 1.06 bits per heavy atom. The Kier molecular flexibility index (Phi) is 6.82. The van der Waals surface area contributed by atoms with Crippen molar-refractivity contribution in [1.82, 2.24) is 9.80 Å². The van der Waals surface area contributed by atoms with Gasteiger partial charge in [-0.25, -0.2) is 0 Å². The average Bonchev–Trinajstić information content (AvgIpc) is 2.83. The normalized spacial score (nSPS) is 18.5. The van der Waals surface area contributed by atoms with Crippen molar-refractivity contribution in [3.05, 3.63) is 48.5 Å². The molecular weight excluding hydrogens is 394 g/mol. The zero-order valence-corrected chi connectivity index (χ0v) is 18.3. The maximum absolute atomic E-state index is 12.9. The Morgan fingerprint density at radius 2 is 1.77 bits per heavy atom. The number of methoxy groups -OCH3 is 1. The zero-order valence-electron chi connectivity index (χ0n) is 18.3. The van der Waals surface area contributed by atoms with Crippen molar-refractivity contribution in [2.45, 2.75) is 13.0 Å². The van der Waals surface area contributed by atoms with E-state index in [0.717, 1.165) is 43.4 Å². The van der Waals surface area contributed by atoms with Gasteiger partial charge in [0.05, 0.1) is 20.2 Å². The summed E-state index contributed by atoms with van der Waals surface area (Å²) < 4.78 is 17.1. The van der Waals surface area contributed by atoms with Crippen molar-refractivity contribution in [2.75, 3.05) is 64.4 Å². The first-order chi connectivity index (χ1) is 15.2. The summed E-state index contributed by atoms with van der Waals surface area (Å²) in [7, 11) is 1.68. The minimum atomic E-state index is -0.147. The van der Waals surface area contributed by atoms with Crippen LogP contribution in [0.25, 0.3) is 0 Å². The van der Waals surface area contributed by atoms with Crippen LogP contribution in [0.15, 0.2) is 48.5 Å². The number of carbonyl (C=O) groups is 1. The second-order valence-electron chi connectivity index (χ2n) is 7.89. The van der Waals surface area contributed by atoms with Crippen molar-refractivity contribution in [3.63, 3.8) is 0 Å². The molecule has 1 saturated heterocycles. The van der Waals surface area contributed by atoms with E-state index >= 15 is 0 Å². The number of ether oxygens (including phenoxy) is 3. The van der Waals surface area contributed by atoms with E-state index < -0.39 is 0 Å². The Hall–Kier alpha value is -2.93. The molecular formula is C24H31N3O4. The molecule has 2 heterocycles. The van der Waals surface area contributed by atoms with Gasteiger partial charge in [-0.05, 0) is 43.3 Å². The van der Waals surface area contributed by atoms with E-state index in [1.807, 2.05) is 48.2 Å². The van der Waals surface area contributed by atoms with Crippen LogP contribution < -0.4 is 19.1 Å². The van der Waals surface area contributed by atoms with Crippen LogP contribution in [-0.2, 0) is 4.79 Å². The molecule has 0 radical (unpaired) electrons. The number of carbonyl (C=O) groups excluding carboxylic acids is 1. The summed E-state index contributed by atoms with van der Waals surface area (Å²) in [6, 6.07) is 15.8. The molecule has 166 valence electrons. The Labute approximate surface area is 184 Å². The number of hydrogen-bond donors (Lipinski definition) is 0. The molecule has 0 aromatic heterocycles. The minimum absolute atomic E-state index is 0.142. The summed E-state index contributed by atoms with van der Waals surface area (Å²) in [6.07, 6.45) is -0.147. The number of amides is 1. The predicted octanol–water partition coefficient (Wildman–Crippen LogP) is 2.51. The molecule has 0 aliphatic carbocycles. The fraction of sp³-hybridized carbons (Fsp3) is 0.458. The molecule has 2 aliphatic heterocycles. The van der Waals surface area contributed by atoms with Gasteiger partial charge >= 0.3 is 0 Å². The SMILES string of the molecule is CCN(C[C@@H]1COc2ccccc2O1)C(=O)CN1CCN(c2ccc(OC)cc2)CC1. The van der Waals surface area contributed by atoms with Crippen LogP contribution in [-0.4, -0.2) is 81.3 Å².